The van der Waals surface area contributed by atoms with Gasteiger partial charge in [-0.3, -0.25) is 11.3 Å². The molecule has 0 amide bonds. The Morgan fingerprint density at radius 1 is 1.47 bits per heavy atom. The number of nitrogens with two attached hydrogens (primary N) is 1. The summed E-state index contributed by atoms with van der Waals surface area (Å²) in [5.41, 5.74) is 4.91. The summed E-state index contributed by atoms with van der Waals surface area (Å²) < 4.78 is 14.2. The van der Waals surface area contributed by atoms with Gasteiger partial charge >= 0.3 is 0 Å². The van der Waals surface area contributed by atoms with Gasteiger partial charge in [0.25, 0.3) is 0 Å². The van der Waals surface area contributed by atoms with Crippen molar-refractivity contribution in [2.75, 3.05) is 0 Å². The van der Waals surface area contributed by atoms with E-state index >= 15 is 0 Å². The Hall–Kier alpha value is -0.460. The third kappa shape index (κ3) is 3.55. The van der Waals surface area contributed by atoms with Gasteiger partial charge in [-0.15, -0.1) is 11.3 Å². The number of hydrogen-bond acceptors (Lipinski definition) is 3. The Bertz CT molecular complexity index is 569. The van der Waals surface area contributed by atoms with Gasteiger partial charge in [0, 0.05) is 4.88 Å². The second-order valence-electron chi connectivity index (χ2n) is 4.28. The summed E-state index contributed by atoms with van der Waals surface area (Å²) in [6, 6.07) is 6.81. The van der Waals surface area contributed by atoms with E-state index in [0.717, 1.165) is 14.2 Å². The average molecular weight is 364 g/mol. The minimum Gasteiger partial charge on any atom is -0.271 e. The van der Waals surface area contributed by atoms with Gasteiger partial charge in [-0.1, -0.05) is 17.7 Å². The summed E-state index contributed by atoms with van der Waals surface area (Å²) in [4.78, 5) is 1.13. The number of benzene rings is 1. The van der Waals surface area contributed by atoms with E-state index in [1.54, 1.807) is 23.5 Å². The minimum atomic E-state index is -0.405. The summed E-state index contributed by atoms with van der Waals surface area (Å²) in [5, 5.41) is 0.136. The maximum atomic E-state index is 13.1. The molecule has 0 aliphatic heterocycles. The molecule has 2 nitrogen and oxygen atoms in total. The first-order valence-corrected chi connectivity index (χ1v) is 7.66. The van der Waals surface area contributed by atoms with Crippen LogP contribution in [0.2, 0.25) is 5.02 Å². The van der Waals surface area contributed by atoms with Crippen LogP contribution in [-0.4, -0.2) is 0 Å². The molecule has 0 saturated carbocycles. The van der Waals surface area contributed by atoms with Crippen molar-refractivity contribution in [3.05, 3.63) is 54.9 Å². The zero-order chi connectivity index (χ0) is 14.0. The van der Waals surface area contributed by atoms with E-state index in [0.29, 0.717) is 6.42 Å². The van der Waals surface area contributed by atoms with E-state index in [1.807, 2.05) is 6.92 Å². The summed E-state index contributed by atoms with van der Waals surface area (Å²) in [6.07, 6.45) is 0.656. The predicted octanol–water partition coefficient (Wildman–Crippen LogP) is 4.36. The third-order valence-corrected chi connectivity index (χ3v) is 5.38. The number of hydrogen-bond donors (Lipinski definition) is 2. The van der Waals surface area contributed by atoms with Crippen molar-refractivity contribution in [3.8, 4) is 0 Å². The van der Waals surface area contributed by atoms with Crippen LogP contribution in [0.25, 0.3) is 0 Å². The largest absolute Gasteiger partial charge is 0.271 e. The van der Waals surface area contributed by atoms with E-state index in [4.69, 9.17) is 17.4 Å². The first-order valence-electron chi connectivity index (χ1n) is 5.67. The lowest BCUT2D eigenvalue weighted by molar-refractivity contribution is 0.559. The molecular weight excluding hydrogens is 351 g/mol. The normalized spacial score (nSPS) is 12.7. The lowest BCUT2D eigenvalue weighted by Crippen LogP contribution is -2.28. The highest BCUT2D eigenvalue weighted by atomic mass is 79.9. The van der Waals surface area contributed by atoms with Gasteiger partial charge in [0.2, 0.25) is 0 Å². The van der Waals surface area contributed by atoms with Crippen molar-refractivity contribution < 1.29 is 4.39 Å². The van der Waals surface area contributed by atoms with Crippen LogP contribution < -0.4 is 11.3 Å². The molecule has 0 fully saturated rings. The van der Waals surface area contributed by atoms with Gasteiger partial charge in [0.15, 0.2) is 0 Å². The second kappa shape index (κ2) is 6.33. The summed E-state index contributed by atoms with van der Waals surface area (Å²) in [5.74, 6) is 5.21. The fraction of sp³-hybridized carbons (Fsp3) is 0.231. The molecule has 0 bridgehead atoms. The molecule has 2 rings (SSSR count). The Kier molecular flexibility index (Phi) is 4.97. The fourth-order valence-electron chi connectivity index (χ4n) is 1.80. The molecule has 0 aliphatic rings. The molecule has 1 unspecified atom stereocenters. The maximum Gasteiger partial charge on any atom is 0.141 e. The lowest BCUT2D eigenvalue weighted by Gasteiger charge is -2.14. The Morgan fingerprint density at radius 3 is 2.74 bits per heavy atom. The molecule has 0 spiro atoms. The molecule has 1 aromatic heterocycles. The van der Waals surface area contributed by atoms with Gasteiger partial charge in [-0.25, -0.2) is 4.39 Å². The molecule has 0 radical (unpaired) electrons. The highest BCUT2D eigenvalue weighted by molar-refractivity contribution is 9.11. The van der Waals surface area contributed by atoms with E-state index in [9.17, 15) is 4.39 Å². The molecule has 3 N–H and O–H groups in total. The van der Waals surface area contributed by atoms with Gasteiger partial charge < -0.3 is 0 Å². The predicted molar refractivity (Wildman–Crippen MR) is 81.9 cm³/mol. The van der Waals surface area contributed by atoms with Gasteiger partial charge in [-0.2, -0.15) is 0 Å². The van der Waals surface area contributed by atoms with Crippen molar-refractivity contribution in [1.29, 1.82) is 0 Å². The summed E-state index contributed by atoms with van der Waals surface area (Å²) in [6.45, 7) is 2.03. The summed E-state index contributed by atoms with van der Waals surface area (Å²) >= 11 is 10.9. The number of hydrazine groups is 1. The highest BCUT2D eigenvalue weighted by Gasteiger charge is 2.15. The molecule has 0 saturated heterocycles. The van der Waals surface area contributed by atoms with E-state index in [-0.39, 0.29) is 11.1 Å². The van der Waals surface area contributed by atoms with Crippen molar-refractivity contribution >= 4 is 38.9 Å². The molecule has 2 aromatic rings. The smallest absolute Gasteiger partial charge is 0.141 e. The zero-order valence-corrected chi connectivity index (χ0v) is 13.4. The molecule has 1 atom stereocenters. The standard InChI is InChI=1S/C13H13BrClFN2S/c1-7-4-12(19-13(7)14)11(18-17)6-8-2-3-10(16)9(15)5-8/h2-5,11,18H,6,17H2,1H3. The molecule has 0 aliphatic carbocycles. The number of aryl methyl sites for hydroxylation is 1. The first-order chi connectivity index (χ1) is 9.01. The van der Waals surface area contributed by atoms with Crippen LogP contribution >= 0.6 is 38.9 Å². The topological polar surface area (TPSA) is 38.0 Å². The first kappa shape index (κ1) is 14.9. The molecular formula is C13H13BrClFN2S. The van der Waals surface area contributed by atoms with Crippen molar-refractivity contribution in [2.24, 2.45) is 5.84 Å². The third-order valence-electron chi connectivity index (χ3n) is 2.84. The monoisotopic (exact) mass is 362 g/mol. The van der Waals surface area contributed by atoms with Crippen LogP contribution in [0.1, 0.15) is 22.0 Å². The zero-order valence-electron chi connectivity index (χ0n) is 10.2. The SMILES string of the molecule is Cc1cc(C(Cc2ccc(F)c(Cl)c2)NN)sc1Br. The van der Waals surface area contributed by atoms with Crippen LogP contribution in [0.15, 0.2) is 28.1 Å². The van der Waals surface area contributed by atoms with Crippen LogP contribution in [-0.2, 0) is 6.42 Å². The Labute approximate surface area is 128 Å². The minimum absolute atomic E-state index is 0.0171. The van der Waals surface area contributed by atoms with E-state index in [1.165, 1.54) is 11.6 Å². The van der Waals surface area contributed by atoms with Crippen LogP contribution in [0, 0.1) is 12.7 Å². The van der Waals surface area contributed by atoms with Gasteiger partial charge in [-0.05, 0) is 58.6 Å². The number of halogens is 3. The van der Waals surface area contributed by atoms with Gasteiger partial charge in [0.1, 0.15) is 5.82 Å². The quantitative estimate of drug-likeness (QED) is 0.626. The number of nitrogens with one attached hydrogen (secondary N) is 1. The van der Waals surface area contributed by atoms with E-state index in [2.05, 4.69) is 27.4 Å². The maximum absolute atomic E-state index is 13.1. The second-order valence-corrected chi connectivity index (χ2v) is 7.09. The lowest BCUT2D eigenvalue weighted by atomic mass is 10.0. The van der Waals surface area contributed by atoms with Crippen molar-refractivity contribution in [3.63, 3.8) is 0 Å². The molecule has 1 aromatic carbocycles. The van der Waals surface area contributed by atoms with Crippen LogP contribution in [0.4, 0.5) is 4.39 Å². The van der Waals surface area contributed by atoms with Crippen molar-refractivity contribution in [2.45, 2.75) is 19.4 Å². The average Bonchev–Trinajstić information content (AvgIpc) is 2.71. The van der Waals surface area contributed by atoms with E-state index < -0.39 is 5.82 Å². The van der Waals surface area contributed by atoms with Crippen LogP contribution in [0.5, 0.6) is 0 Å². The molecule has 19 heavy (non-hydrogen) atoms. The fourth-order valence-corrected chi connectivity index (χ4v) is 3.63. The van der Waals surface area contributed by atoms with Crippen molar-refractivity contribution in [1.82, 2.24) is 5.43 Å². The number of thiophene rings is 1. The van der Waals surface area contributed by atoms with Crippen LogP contribution in [0.3, 0.4) is 0 Å². The molecule has 6 heteroatoms. The Morgan fingerprint density at radius 2 is 2.21 bits per heavy atom. The number of rotatable bonds is 4. The summed E-state index contributed by atoms with van der Waals surface area (Å²) in [7, 11) is 0. The molecule has 1 heterocycles. The molecule has 102 valence electrons. The highest BCUT2D eigenvalue weighted by Crippen LogP contribution is 2.32. The van der Waals surface area contributed by atoms with Gasteiger partial charge in [0.05, 0.1) is 14.9 Å². The Balaban J connectivity index is 2.21.